The molecule has 2 atom stereocenters. The summed E-state index contributed by atoms with van der Waals surface area (Å²) in [6.07, 6.45) is 3.03. The first-order chi connectivity index (χ1) is 14.1. The first kappa shape index (κ1) is 18.3. The van der Waals surface area contributed by atoms with Gasteiger partial charge in [0.2, 0.25) is 5.91 Å². The van der Waals surface area contributed by atoms with Crippen molar-refractivity contribution in [1.29, 1.82) is 0 Å². The zero-order valence-corrected chi connectivity index (χ0v) is 17.2. The summed E-state index contributed by atoms with van der Waals surface area (Å²) in [7, 11) is 1.71. The Morgan fingerprint density at radius 1 is 1.10 bits per heavy atom. The van der Waals surface area contributed by atoms with E-state index in [0.717, 1.165) is 44.6 Å². The Bertz CT molecular complexity index is 907. The molecular weight excluding hydrogens is 362 g/mol. The molecule has 0 radical (unpaired) electrons. The van der Waals surface area contributed by atoms with Gasteiger partial charge in [-0.1, -0.05) is 23.8 Å². The molecule has 0 bridgehead atoms. The number of ether oxygens (including phenoxy) is 1. The average Bonchev–Trinajstić information content (AvgIpc) is 3.56. The fourth-order valence-electron chi connectivity index (χ4n) is 4.73. The molecule has 0 unspecified atom stereocenters. The molecule has 2 aromatic rings. The van der Waals surface area contributed by atoms with E-state index in [1.807, 2.05) is 6.07 Å². The molecule has 1 saturated heterocycles. The lowest BCUT2D eigenvalue weighted by Gasteiger charge is -2.49. The summed E-state index contributed by atoms with van der Waals surface area (Å²) < 4.78 is 5.48. The second kappa shape index (κ2) is 7.29. The highest BCUT2D eigenvalue weighted by molar-refractivity contribution is 5.83. The minimum atomic E-state index is -0.0234. The first-order valence-electron chi connectivity index (χ1n) is 10.7. The summed E-state index contributed by atoms with van der Waals surface area (Å²) in [5.74, 6) is 1.07. The number of hydrogen-bond acceptors (Lipinski definition) is 4. The van der Waals surface area contributed by atoms with Gasteiger partial charge < -0.3 is 19.9 Å². The largest absolute Gasteiger partial charge is 0.497 e. The van der Waals surface area contributed by atoms with Gasteiger partial charge in [0.15, 0.2) is 0 Å². The van der Waals surface area contributed by atoms with Crippen LogP contribution in [0.25, 0.3) is 0 Å². The lowest BCUT2D eigenvalue weighted by Crippen LogP contribution is -2.61. The molecule has 5 heteroatoms. The third-order valence-corrected chi connectivity index (χ3v) is 6.58. The van der Waals surface area contributed by atoms with Crippen LogP contribution in [0, 0.1) is 12.8 Å². The van der Waals surface area contributed by atoms with Gasteiger partial charge in [0, 0.05) is 43.1 Å². The third kappa shape index (κ3) is 3.54. The number of carbonyl (C=O) groups excluding carboxylic acids is 1. The number of aryl methyl sites for hydroxylation is 1. The molecule has 29 heavy (non-hydrogen) atoms. The van der Waals surface area contributed by atoms with Crippen LogP contribution in [0.5, 0.6) is 5.75 Å². The van der Waals surface area contributed by atoms with Crippen LogP contribution in [-0.2, 0) is 11.2 Å². The fraction of sp³-hybridized carbons (Fsp3) is 0.458. The van der Waals surface area contributed by atoms with Crippen LogP contribution in [0.2, 0.25) is 0 Å². The molecule has 1 aliphatic carbocycles. The molecule has 3 aliphatic rings. The molecule has 2 aliphatic heterocycles. The van der Waals surface area contributed by atoms with Crippen molar-refractivity contribution in [3.63, 3.8) is 0 Å². The molecule has 1 saturated carbocycles. The monoisotopic (exact) mass is 391 g/mol. The van der Waals surface area contributed by atoms with Crippen molar-refractivity contribution >= 4 is 17.3 Å². The Hall–Kier alpha value is -2.69. The zero-order valence-electron chi connectivity index (χ0n) is 17.2. The van der Waals surface area contributed by atoms with Crippen molar-refractivity contribution in [2.24, 2.45) is 5.92 Å². The van der Waals surface area contributed by atoms with Gasteiger partial charge in [0.25, 0.3) is 0 Å². The van der Waals surface area contributed by atoms with Crippen molar-refractivity contribution in [3.05, 3.63) is 53.6 Å². The van der Waals surface area contributed by atoms with Crippen LogP contribution in [0.15, 0.2) is 42.5 Å². The van der Waals surface area contributed by atoms with E-state index in [9.17, 15) is 4.79 Å². The molecule has 152 valence electrons. The van der Waals surface area contributed by atoms with Crippen LogP contribution in [0.1, 0.15) is 24.0 Å². The maximum Gasteiger partial charge on any atom is 0.225 e. The highest BCUT2D eigenvalue weighted by Crippen LogP contribution is 2.39. The van der Waals surface area contributed by atoms with E-state index in [4.69, 9.17) is 4.74 Å². The summed E-state index contributed by atoms with van der Waals surface area (Å²) in [5, 5.41) is 3.26. The van der Waals surface area contributed by atoms with Gasteiger partial charge in [-0.2, -0.15) is 0 Å². The van der Waals surface area contributed by atoms with E-state index < -0.39 is 0 Å². The van der Waals surface area contributed by atoms with Gasteiger partial charge in [-0.15, -0.1) is 0 Å². The van der Waals surface area contributed by atoms with Gasteiger partial charge in [-0.05, 0) is 49.9 Å². The second-order valence-electron chi connectivity index (χ2n) is 8.63. The van der Waals surface area contributed by atoms with Gasteiger partial charge in [0.1, 0.15) is 5.75 Å². The van der Waals surface area contributed by atoms with Crippen molar-refractivity contribution in [3.8, 4) is 5.75 Å². The number of amides is 1. The highest BCUT2D eigenvalue weighted by Gasteiger charge is 2.42. The van der Waals surface area contributed by atoms with Crippen molar-refractivity contribution in [2.45, 2.75) is 38.3 Å². The summed E-state index contributed by atoms with van der Waals surface area (Å²) in [6.45, 7) is 4.84. The van der Waals surface area contributed by atoms with E-state index in [1.165, 1.54) is 22.5 Å². The number of hydrogen-bond donors (Lipinski definition) is 1. The number of nitrogens with one attached hydrogen (secondary N) is 1. The maximum absolute atomic E-state index is 13.1. The van der Waals surface area contributed by atoms with Crippen LogP contribution < -0.4 is 19.9 Å². The molecule has 2 heterocycles. The number of rotatable bonds is 4. The standard InChI is InChI=1S/C24H29N3O2/c1-16-3-8-19(9-4-16)26-11-12-27-22-14-20(29-2)10-5-17(22)13-21(23(27)15-26)24(28)25-18-6-7-18/h3-5,8-10,14,18,21,23H,6-7,11-13,15H2,1-2H3,(H,25,28)/t21-,23-/m1/s1. The summed E-state index contributed by atoms with van der Waals surface area (Å²) in [6, 6.07) is 15.6. The molecule has 5 rings (SSSR count). The van der Waals surface area contributed by atoms with Crippen molar-refractivity contribution in [2.75, 3.05) is 36.5 Å². The minimum Gasteiger partial charge on any atom is -0.497 e. The van der Waals surface area contributed by atoms with E-state index in [1.54, 1.807) is 7.11 Å². The molecule has 2 fully saturated rings. The summed E-state index contributed by atoms with van der Waals surface area (Å²) >= 11 is 0. The van der Waals surface area contributed by atoms with E-state index in [2.05, 4.69) is 58.4 Å². The van der Waals surface area contributed by atoms with Gasteiger partial charge in [-0.3, -0.25) is 4.79 Å². The van der Waals surface area contributed by atoms with Crippen LogP contribution >= 0.6 is 0 Å². The number of nitrogens with zero attached hydrogens (tertiary/aromatic N) is 2. The number of benzene rings is 2. The Morgan fingerprint density at radius 3 is 2.62 bits per heavy atom. The Kier molecular flexibility index (Phi) is 4.61. The number of piperazine rings is 1. The SMILES string of the molecule is COc1ccc2c(c1)N1CCN(c3ccc(C)cc3)C[C@@H]1[C@H](C(=O)NC1CC1)C2. The van der Waals surface area contributed by atoms with Gasteiger partial charge >= 0.3 is 0 Å². The molecule has 0 aromatic heterocycles. The molecule has 5 nitrogen and oxygen atoms in total. The Balaban J connectivity index is 1.46. The van der Waals surface area contributed by atoms with E-state index in [0.29, 0.717) is 6.04 Å². The fourth-order valence-corrected chi connectivity index (χ4v) is 4.73. The van der Waals surface area contributed by atoms with E-state index in [-0.39, 0.29) is 17.9 Å². The van der Waals surface area contributed by atoms with Crippen molar-refractivity contribution < 1.29 is 9.53 Å². The molecule has 1 N–H and O–H groups in total. The lowest BCUT2D eigenvalue weighted by atomic mass is 9.83. The Labute approximate surface area is 172 Å². The molecule has 2 aromatic carbocycles. The van der Waals surface area contributed by atoms with Crippen LogP contribution in [0.3, 0.4) is 0 Å². The minimum absolute atomic E-state index is 0.0234. The van der Waals surface area contributed by atoms with Gasteiger partial charge in [0.05, 0.1) is 19.1 Å². The van der Waals surface area contributed by atoms with E-state index >= 15 is 0 Å². The normalized spacial score (nSPS) is 23.2. The number of fused-ring (bicyclic) bond motifs is 3. The molecule has 0 spiro atoms. The quantitative estimate of drug-likeness (QED) is 0.870. The van der Waals surface area contributed by atoms with Crippen LogP contribution in [0.4, 0.5) is 11.4 Å². The summed E-state index contributed by atoms with van der Waals surface area (Å²) in [5.41, 5.74) is 5.00. The number of methoxy groups -OCH3 is 1. The smallest absolute Gasteiger partial charge is 0.225 e. The topological polar surface area (TPSA) is 44.8 Å². The highest BCUT2D eigenvalue weighted by atomic mass is 16.5. The average molecular weight is 392 g/mol. The third-order valence-electron chi connectivity index (χ3n) is 6.58. The zero-order chi connectivity index (χ0) is 20.0. The summed E-state index contributed by atoms with van der Waals surface area (Å²) in [4.78, 5) is 18.0. The molecular formula is C24H29N3O2. The second-order valence-corrected chi connectivity index (χ2v) is 8.63. The predicted molar refractivity (Wildman–Crippen MR) is 116 cm³/mol. The Morgan fingerprint density at radius 2 is 1.90 bits per heavy atom. The maximum atomic E-state index is 13.1. The number of anilines is 2. The van der Waals surface area contributed by atoms with Gasteiger partial charge in [-0.25, -0.2) is 0 Å². The first-order valence-corrected chi connectivity index (χ1v) is 10.7. The molecule has 1 amide bonds. The lowest BCUT2D eigenvalue weighted by molar-refractivity contribution is -0.126. The number of carbonyl (C=O) groups is 1. The predicted octanol–water partition coefficient (Wildman–Crippen LogP) is 3.15. The van der Waals surface area contributed by atoms with Crippen molar-refractivity contribution in [1.82, 2.24) is 5.32 Å². The van der Waals surface area contributed by atoms with Crippen LogP contribution in [-0.4, -0.2) is 44.7 Å².